The standard InChI is InChI=1S/C51H34N2Se/c1-51(2)42-22-8-6-17-36(42)37-26-25-34(28-43(37)51)52(33-16-10-15-32(27-33)31-13-4-3-5-14-31)35-29-45-49-47(30-35)54-46-24-12-19-39(48(46)49)41-21-11-20-40-38-18-7-9-23-44(38)53(45)50(40)41/h3-30H,1-2H3. The summed E-state index contributed by atoms with van der Waals surface area (Å²) in [5, 5.41) is 8.08. The zero-order valence-corrected chi connectivity index (χ0v) is 31.7. The van der Waals surface area contributed by atoms with E-state index in [9.17, 15) is 0 Å². The Kier molecular flexibility index (Phi) is 6.16. The molecule has 0 N–H and O–H groups in total. The average Bonchev–Trinajstić information content (AvgIpc) is 3.81. The van der Waals surface area contributed by atoms with Gasteiger partial charge in [0.1, 0.15) is 0 Å². The molecule has 0 amide bonds. The summed E-state index contributed by atoms with van der Waals surface area (Å²) < 4.78 is 5.48. The number of hydrogen-bond donors (Lipinski definition) is 0. The van der Waals surface area contributed by atoms with E-state index in [4.69, 9.17) is 0 Å². The fourth-order valence-corrected chi connectivity index (χ4v) is 12.1. The molecule has 254 valence electrons. The predicted octanol–water partition coefficient (Wildman–Crippen LogP) is 13.6. The first kappa shape index (κ1) is 30.4. The summed E-state index contributed by atoms with van der Waals surface area (Å²) >= 11 is 0.166. The zero-order chi connectivity index (χ0) is 35.7. The number of anilines is 3. The number of benzene rings is 8. The molecule has 0 bridgehead atoms. The monoisotopic (exact) mass is 754 g/mol. The number of nitrogens with zero attached hydrogens (tertiary/aromatic N) is 2. The molecule has 0 saturated carbocycles. The Bertz CT molecular complexity index is 3310. The Balaban J connectivity index is 1.21. The average molecular weight is 754 g/mol. The van der Waals surface area contributed by atoms with Crippen LogP contribution in [0.4, 0.5) is 17.1 Å². The van der Waals surface area contributed by atoms with Gasteiger partial charge in [-0.05, 0) is 0 Å². The van der Waals surface area contributed by atoms with Crippen LogP contribution in [-0.2, 0) is 5.41 Å². The second-order valence-corrected chi connectivity index (χ2v) is 17.6. The summed E-state index contributed by atoms with van der Waals surface area (Å²) in [5.74, 6) is 0. The molecule has 0 unspecified atom stereocenters. The molecule has 0 fully saturated rings. The van der Waals surface area contributed by atoms with Crippen LogP contribution in [0.5, 0.6) is 0 Å². The quantitative estimate of drug-likeness (QED) is 0.162. The Labute approximate surface area is 319 Å². The van der Waals surface area contributed by atoms with Gasteiger partial charge in [-0.25, -0.2) is 0 Å². The number of hydrogen-bond acceptors (Lipinski definition) is 1. The molecule has 12 rings (SSSR count). The van der Waals surface area contributed by atoms with E-state index in [0.29, 0.717) is 0 Å². The Morgan fingerprint density at radius 2 is 1.13 bits per heavy atom. The van der Waals surface area contributed by atoms with Crippen LogP contribution in [0.2, 0.25) is 0 Å². The normalized spacial score (nSPS) is 13.5. The number of para-hydroxylation sites is 2. The van der Waals surface area contributed by atoms with Crippen LogP contribution in [0.3, 0.4) is 0 Å². The molecule has 2 nitrogen and oxygen atoms in total. The van der Waals surface area contributed by atoms with E-state index < -0.39 is 0 Å². The van der Waals surface area contributed by atoms with Crippen molar-refractivity contribution in [3.8, 4) is 22.3 Å². The van der Waals surface area contributed by atoms with Crippen LogP contribution in [0.15, 0.2) is 170 Å². The van der Waals surface area contributed by atoms with E-state index in [1.165, 1.54) is 102 Å². The van der Waals surface area contributed by atoms with Gasteiger partial charge in [-0.3, -0.25) is 0 Å². The SMILES string of the molecule is CC1(C)c2ccccc2-c2ccc(N(c3cccc(-c4ccccc4)c3)c3cc4[se]c5cccc6c7cccc8c9ccccc9n(c(c3)c4c56)c78)cc21. The molecule has 1 aliphatic rings. The van der Waals surface area contributed by atoms with Crippen LogP contribution < -0.4 is 4.90 Å². The van der Waals surface area contributed by atoms with Crippen molar-refractivity contribution in [3.63, 3.8) is 0 Å². The molecule has 0 saturated heterocycles. The van der Waals surface area contributed by atoms with Gasteiger partial charge in [0.25, 0.3) is 0 Å². The van der Waals surface area contributed by atoms with Crippen molar-refractivity contribution in [2.75, 3.05) is 4.90 Å². The molecule has 3 heterocycles. The van der Waals surface area contributed by atoms with Gasteiger partial charge < -0.3 is 0 Å². The molecule has 3 aromatic heterocycles. The maximum absolute atomic E-state index is 2.58. The van der Waals surface area contributed by atoms with Gasteiger partial charge in [-0.1, -0.05) is 0 Å². The van der Waals surface area contributed by atoms with Gasteiger partial charge in [-0.2, -0.15) is 0 Å². The van der Waals surface area contributed by atoms with E-state index in [1.807, 2.05) is 0 Å². The van der Waals surface area contributed by atoms with Gasteiger partial charge in [-0.15, -0.1) is 0 Å². The Morgan fingerprint density at radius 1 is 0.444 bits per heavy atom. The molecule has 0 atom stereocenters. The number of rotatable bonds is 4. The fourth-order valence-electron chi connectivity index (χ4n) is 9.66. The first-order chi connectivity index (χ1) is 26.5. The van der Waals surface area contributed by atoms with E-state index in [0.717, 1.165) is 5.69 Å². The first-order valence-corrected chi connectivity index (χ1v) is 20.5. The molecule has 1 aliphatic carbocycles. The topological polar surface area (TPSA) is 7.65 Å². The zero-order valence-electron chi connectivity index (χ0n) is 30.0. The van der Waals surface area contributed by atoms with Crippen LogP contribution in [0, 0.1) is 0 Å². The minimum atomic E-state index is -0.109. The van der Waals surface area contributed by atoms with Crippen LogP contribution in [0.1, 0.15) is 25.0 Å². The third kappa shape index (κ3) is 4.06. The number of fused-ring (bicyclic) bond motifs is 8. The van der Waals surface area contributed by atoms with E-state index in [-0.39, 0.29) is 19.9 Å². The third-order valence-corrected chi connectivity index (χ3v) is 14.4. The summed E-state index contributed by atoms with van der Waals surface area (Å²) in [4.78, 5) is 2.52. The second kappa shape index (κ2) is 11.0. The Morgan fingerprint density at radius 3 is 2.04 bits per heavy atom. The molecule has 0 aliphatic heterocycles. The predicted molar refractivity (Wildman–Crippen MR) is 231 cm³/mol. The molecular weight excluding hydrogens is 720 g/mol. The summed E-state index contributed by atoms with van der Waals surface area (Å²) in [7, 11) is 0. The van der Waals surface area contributed by atoms with Crippen molar-refractivity contribution >= 4 is 89.0 Å². The number of aromatic nitrogens is 1. The molecule has 0 spiro atoms. The molecule has 54 heavy (non-hydrogen) atoms. The maximum atomic E-state index is 2.58. The first-order valence-electron chi connectivity index (χ1n) is 18.8. The summed E-state index contributed by atoms with van der Waals surface area (Å²) in [6.45, 7) is 4.75. The van der Waals surface area contributed by atoms with Crippen LogP contribution >= 0.6 is 0 Å². The van der Waals surface area contributed by atoms with Crippen molar-refractivity contribution in [1.82, 2.24) is 4.40 Å². The van der Waals surface area contributed by atoms with Gasteiger partial charge in [0.15, 0.2) is 0 Å². The fraction of sp³-hybridized carbons (Fsp3) is 0.0588. The molecule has 8 aromatic carbocycles. The van der Waals surface area contributed by atoms with Gasteiger partial charge in [0.05, 0.1) is 0 Å². The van der Waals surface area contributed by atoms with E-state index >= 15 is 0 Å². The second-order valence-electron chi connectivity index (χ2n) is 15.3. The van der Waals surface area contributed by atoms with Crippen molar-refractivity contribution in [3.05, 3.63) is 181 Å². The molecule has 3 heteroatoms. The van der Waals surface area contributed by atoms with E-state index in [1.54, 1.807) is 0 Å². The van der Waals surface area contributed by atoms with Gasteiger partial charge in [0, 0.05) is 0 Å². The van der Waals surface area contributed by atoms with Gasteiger partial charge in [0.2, 0.25) is 0 Å². The molecular formula is C51H34N2Se. The van der Waals surface area contributed by atoms with Gasteiger partial charge >= 0.3 is 321 Å². The van der Waals surface area contributed by atoms with Crippen LogP contribution in [0.25, 0.3) is 79.6 Å². The van der Waals surface area contributed by atoms with Crippen molar-refractivity contribution in [1.29, 1.82) is 0 Å². The van der Waals surface area contributed by atoms with Crippen molar-refractivity contribution < 1.29 is 0 Å². The summed E-state index contributed by atoms with van der Waals surface area (Å²) in [6, 6.07) is 63.7. The van der Waals surface area contributed by atoms with Crippen molar-refractivity contribution in [2.45, 2.75) is 19.3 Å². The summed E-state index contributed by atoms with van der Waals surface area (Å²) in [5.41, 5.74) is 15.1. The summed E-state index contributed by atoms with van der Waals surface area (Å²) in [6.07, 6.45) is 0. The third-order valence-electron chi connectivity index (χ3n) is 12.1. The van der Waals surface area contributed by atoms with E-state index in [2.05, 4.69) is 193 Å². The van der Waals surface area contributed by atoms with Crippen LogP contribution in [-0.4, -0.2) is 18.9 Å². The minimum absolute atomic E-state index is 0.109. The molecule has 11 aromatic rings. The Hall–Kier alpha value is -6.12. The van der Waals surface area contributed by atoms with Crippen molar-refractivity contribution in [2.24, 2.45) is 0 Å². The molecule has 0 radical (unpaired) electrons.